The van der Waals surface area contributed by atoms with Gasteiger partial charge in [-0.15, -0.1) is 0 Å². The second-order valence-electron chi connectivity index (χ2n) is 5.85. The van der Waals surface area contributed by atoms with Crippen molar-refractivity contribution in [3.63, 3.8) is 0 Å². The zero-order valence-corrected chi connectivity index (χ0v) is 11.3. The third kappa shape index (κ3) is 2.12. The first-order valence-corrected chi connectivity index (χ1v) is 6.67. The maximum atomic E-state index is 5.47. The molecule has 2 heterocycles. The summed E-state index contributed by atoms with van der Waals surface area (Å²) in [4.78, 5) is 8.84. The molecule has 2 aromatic rings. The van der Waals surface area contributed by atoms with E-state index < -0.39 is 0 Å². The summed E-state index contributed by atoms with van der Waals surface area (Å²) >= 11 is 0. The summed E-state index contributed by atoms with van der Waals surface area (Å²) in [6, 6.07) is 0.425. The summed E-state index contributed by atoms with van der Waals surface area (Å²) in [5.41, 5.74) is 3.72. The minimum atomic E-state index is 0.289. The van der Waals surface area contributed by atoms with Crippen LogP contribution in [-0.2, 0) is 0 Å². The van der Waals surface area contributed by atoms with Gasteiger partial charge in [0.05, 0.1) is 6.20 Å². The quantitative estimate of drug-likeness (QED) is 0.581. The Labute approximate surface area is 112 Å². The number of nitrogens with zero attached hydrogens (tertiary/aromatic N) is 3. The fourth-order valence-corrected chi connectivity index (χ4v) is 2.86. The lowest BCUT2D eigenvalue weighted by Gasteiger charge is -2.28. The zero-order valence-electron chi connectivity index (χ0n) is 11.3. The van der Waals surface area contributed by atoms with Crippen LogP contribution < -0.4 is 16.6 Å². The summed E-state index contributed by atoms with van der Waals surface area (Å²) in [5, 5.41) is 3.54. The van der Waals surface area contributed by atoms with Crippen molar-refractivity contribution in [1.82, 2.24) is 14.4 Å². The smallest absolute Gasteiger partial charge is 0.180 e. The van der Waals surface area contributed by atoms with Crippen molar-refractivity contribution in [3.05, 3.63) is 18.6 Å². The molecule has 3 rings (SSSR count). The highest BCUT2D eigenvalue weighted by atomic mass is 15.3. The first-order chi connectivity index (χ1) is 9.10. The third-order valence-corrected chi connectivity index (χ3v) is 4.09. The largest absolute Gasteiger partial charge is 0.364 e. The van der Waals surface area contributed by atoms with E-state index in [9.17, 15) is 0 Å². The first-order valence-electron chi connectivity index (χ1n) is 6.67. The van der Waals surface area contributed by atoms with Gasteiger partial charge in [0, 0.05) is 18.4 Å². The van der Waals surface area contributed by atoms with Crippen LogP contribution in [0.1, 0.15) is 33.1 Å². The number of nitrogen functional groups attached to an aromatic ring is 1. The zero-order chi connectivity index (χ0) is 13.5. The van der Waals surface area contributed by atoms with E-state index in [-0.39, 0.29) is 5.41 Å². The standard InChI is InChI=1S/C13H20N6/c1-13(2)5-3-4-9(13)16-11-12-15-6-7-19(12)8-10(17-11)18-14/h6-9,18H,3-5,14H2,1-2H3,(H,16,17). The molecular formula is C13H20N6. The summed E-state index contributed by atoms with van der Waals surface area (Å²) in [6.07, 6.45) is 9.15. The molecule has 0 radical (unpaired) electrons. The molecule has 4 N–H and O–H groups in total. The number of aromatic nitrogens is 3. The van der Waals surface area contributed by atoms with Gasteiger partial charge in [-0.1, -0.05) is 20.3 Å². The van der Waals surface area contributed by atoms with Gasteiger partial charge in [0.25, 0.3) is 0 Å². The van der Waals surface area contributed by atoms with Gasteiger partial charge in [-0.2, -0.15) is 0 Å². The number of hydrogen-bond donors (Lipinski definition) is 3. The molecule has 1 fully saturated rings. The Balaban J connectivity index is 1.97. The van der Waals surface area contributed by atoms with E-state index in [1.165, 1.54) is 19.3 Å². The molecule has 102 valence electrons. The average molecular weight is 260 g/mol. The molecule has 19 heavy (non-hydrogen) atoms. The molecule has 0 spiro atoms. The van der Waals surface area contributed by atoms with Gasteiger partial charge in [0.2, 0.25) is 0 Å². The average Bonchev–Trinajstić information content (AvgIpc) is 2.96. The molecule has 1 saturated carbocycles. The molecule has 1 atom stereocenters. The topological polar surface area (TPSA) is 80.3 Å². The number of hydrogen-bond acceptors (Lipinski definition) is 5. The maximum Gasteiger partial charge on any atom is 0.180 e. The van der Waals surface area contributed by atoms with Crippen LogP contribution in [-0.4, -0.2) is 20.4 Å². The van der Waals surface area contributed by atoms with Gasteiger partial charge in [-0.25, -0.2) is 15.8 Å². The molecule has 0 bridgehead atoms. The fourth-order valence-electron chi connectivity index (χ4n) is 2.86. The molecule has 6 heteroatoms. The molecule has 0 amide bonds. The summed E-state index contributed by atoms with van der Waals surface area (Å²) in [7, 11) is 0. The molecule has 1 aliphatic carbocycles. The normalized spacial score (nSPS) is 21.7. The van der Waals surface area contributed by atoms with Crippen LogP contribution in [0, 0.1) is 5.41 Å². The highest BCUT2D eigenvalue weighted by Crippen LogP contribution is 2.39. The van der Waals surface area contributed by atoms with Gasteiger partial charge >= 0.3 is 0 Å². The van der Waals surface area contributed by atoms with Gasteiger partial charge < -0.3 is 15.1 Å². The number of nitrogens with one attached hydrogen (secondary N) is 2. The van der Waals surface area contributed by atoms with Crippen LogP contribution >= 0.6 is 0 Å². The maximum absolute atomic E-state index is 5.47. The van der Waals surface area contributed by atoms with Crippen LogP contribution in [0.25, 0.3) is 5.65 Å². The monoisotopic (exact) mass is 260 g/mol. The van der Waals surface area contributed by atoms with Crippen molar-refractivity contribution in [1.29, 1.82) is 0 Å². The number of hydrazine groups is 1. The van der Waals surface area contributed by atoms with Crippen LogP contribution in [0.4, 0.5) is 11.6 Å². The fraction of sp³-hybridized carbons (Fsp3) is 0.538. The molecule has 2 aromatic heterocycles. The number of fused-ring (bicyclic) bond motifs is 1. The Hall–Kier alpha value is -1.82. The number of anilines is 2. The van der Waals surface area contributed by atoms with Gasteiger partial charge in [0.15, 0.2) is 17.3 Å². The van der Waals surface area contributed by atoms with E-state index in [1.54, 1.807) is 6.20 Å². The van der Waals surface area contributed by atoms with Crippen molar-refractivity contribution in [2.75, 3.05) is 10.7 Å². The molecule has 0 aliphatic heterocycles. The summed E-state index contributed by atoms with van der Waals surface area (Å²) < 4.78 is 1.92. The van der Waals surface area contributed by atoms with Gasteiger partial charge in [0.1, 0.15) is 0 Å². The van der Waals surface area contributed by atoms with E-state index in [0.29, 0.717) is 11.9 Å². The number of nitrogens with two attached hydrogens (primary N) is 1. The first kappa shape index (κ1) is 12.2. The van der Waals surface area contributed by atoms with Crippen LogP contribution in [0.2, 0.25) is 0 Å². The summed E-state index contributed by atoms with van der Waals surface area (Å²) in [5.74, 6) is 6.89. The van der Waals surface area contributed by atoms with E-state index >= 15 is 0 Å². The SMILES string of the molecule is CC1(C)CCCC1Nc1nc(NN)cn2ccnc12. The van der Waals surface area contributed by atoms with Crippen LogP contribution in [0.5, 0.6) is 0 Å². The second kappa shape index (κ2) is 4.38. The van der Waals surface area contributed by atoms with Crippen molar-refractivity contribution in [3.8, 4) is 0 Å². The molecular weight excluding hydrogens is 240 g/mol. The minimum absolute atomic E-state index is 0.289. The predicted octanol–water partition coefficient (Wildman–Crippen LogP) is 2.01. The van der Waals surface area contributed by atoms with Gasteiger partial charge in [-0.05, 0) is 18.3 Å². The van der Waals surface area contributed by atoms with Crippen molar-refractivity contribution >= 4 is 17.3 Å². The van der Waals surface area contributed by atoms with E-state index in [2.05, 4.69) is 34.6 Å². The van der Waals surface area contributed by atoms with E-state index in [4.69, 9.17) is 5.84 Å². The number of imidazole rings is 1. The van der Waals surface area contributed by atoms with Gasteiger partial charge in [-0.3, -0.25) is 0 Å². The van der Waals surface area contributed by atoms with Crippen LogP contribution in [0.15, 0.2) is 18.6 Å². The Morgan fingerprint density at radius 3 is 3.00 bits per heavy atom. The molecule has 1 aliphatic rings. The van der Waals surface area contributed by atoms with Crippen molar-refractivity contribution < 1.29 is 0 Å². The Morgan fingerprint density at radius 2 is 2.32 bits per heavy atom. The Bertz CT molecular complexity index is 588. The number of rotatable bonds is 3. The Morgan fingerprint density at radius 1 is 1.47 bits per heavy atom. The lowest BCUT2D eigenvalue weighted by molar-refractivity contribution is 0.349. The van der Waals surface area contributed by atoms with Crippen LogP contribution in [0.3, 0.4) is 0 Å². The van der Waals surface area contributed by atoms with E-state index in [1.807, 2.05) is 16.8 Å². The van der Waals surface area contributed by atoms with Crippen molar-refractivity contribution in [2.45, 2.75) is 39.2 Å². The molecule has 0 aromatic carbocycles. The highest BCUT2D eigenvalue weighted by molar-refractivity contribution is 5.65. The molecule has 0 saturated heterocycles. The van der Waals surface area contributed by atoms with E-state index in [0.717, 1.165) is 11.5 Å². The second-order valence-corrected chi connectivity index (χ2v) is 5.85. The van der Waals surface area contributed by atoms with Crippen molar-refractivity contribution in [2.24, 2.45) is 11.3 Å². The Kier molecular flexibility index (Phi) is 2.82. The molecule has 1 unspecified atom stereocenters. The third-order valence-electron chi connectivity index (χ3n) is 4.09. The lowest BCUT2D eigenvalue weighted by atomic mass is 9.87. The predicted molar refractivity (Wildman–Crippen MR) is 75.8 cm³/mol. The summed E-state index contributed by atoms with van der Waals surface area (Å²) in [6.45, 7) is 4.59. The highest BCUT2D eigenvalue weighted by Gasteiger charge is 2.35. The minimum Gasteiger partial charge on any atom is -0.364 e. The lowest BCUT2D eigenvalue weighted by Crippen LogP contribution is -2.31. The molecule has 6 nitrogen and oxygen atoms in total.